The fraction of sp³-hybridized carbons (Fsp3) is 0.125. The number of benzene rings is 1. The number of aliphatic imine (C=N–C) groups is 1. The second-order valence-electron chi connectivity index (χ2n) is 5.44. The van der Waals surface area contributed by atoms with E-state index in [0.29, 0.717) is 30.1 Å². The Morgan fingerprint density at radius 2 is 2.04 bits per heavy atom. The van der Waals surface area contributed by atoms with Crippen LogP contribution in [0.3, 0.4) is 0 Å². The predicted octanol–water partition coefficient (Wildman–Crippen LogP) is 0.722. The van der Waals surface area contributed by atoms with Gasteiger partial charge in [-0.25, -0.2) is 14.8 Å². The van der Waals surface area contributed by atoms with Crippen LogP contribution < -0.4 is 16.7 Å². The summed E-state index contributed by atoms with van der Waals surface area (Å²) in [6.45, 7) is 0.871. The van der Waals surface area contributed by atoms with E-state index in [9.17, 15) is 4.79 Å². The van der Waals surface area contributed by atoms with Gasteiger partial charge in [0.15, 0.2) is 17.3 Å². The number of fused-ring (bicyclic) bond motifs is 1. The molecule has 1 aliphatic heterocycles. The lowest BCUT2D eigenvalue weighted by Crippen LogP contribution is -2.18. The second kappa shape index (κ2) is 5.65. The van der Waals surface area contributed by atoms with Crippen LogP contribution in [0.1, 0.15) is 11.4 Å². The first-order chi connectivity index (χ1) is 11.7. The molecule has 0 aliphatic carbocycles. The lowest BCUT2D eigenvalue weighted by Gasteiger charge is -2.09. The van der Waals surface area contributed by atoms with E-state index in [0.717, 1.165) is 11.1 Å². The molecule has 3 aromatic rings. The molecular formula is C16H15N7O. The molecule has 1 aromatic carbocycles. The smallest absolute Gasteiger partial charge is 0.328 e. The van der Waals surface area contributed by atoms with Crippen LogP contribution in [0.15, 0.2) is 46.3 Å². The molecule has 0 saturated carbocycles. The molecule has 0 spiro atoms. The SMILES string of the molecule is Nc1nc(C2=CNC=NC2)nc2c1[nH]c(=O)n2Cc1ccccc1. The number of nitrogens with one attached hydrogen (secondary N) is 2. The van der Waals surface area contributed by atoms with Crippen molar-refractivity contribution in [3.05, 3.63) is 58.4 Å². The molecule has 0 fully saturated rings. The van der Waals surface area contributed by atoms with E-state index in [1.807, 2.05) is 30.3 Å². The van der Waals surface area contributed by atoms with Gasteiger partial charge in [-0.15, -0.1) is 0 Å². The number of imidazole rings is 1. The minimum Gasteiger partial charge on any atom is -0.382 e. The van der Waals surface area contributed by atoms with Gasteiger partial charge in [-0.3, -0.25) is 9.56 Å². The molecule has 4 rings (SSSR count). The number of hydrogen-bond acceptors (Lipinski definition) is 6. The van der Waals surface area contributed by atoms with Crippen molar-refractivity contribution in [3.63, 3.8) is 0 Å². The zero-order valence-corrected chi connectivity index (χ0v) is 12.7. The lowest BCUT2D eigenvalue weighted by atomic mass is 10.2. The van der Waals surface area contributed by atoms with Crippen molar-refractivity contribution >= 4 is 28.9 Å². The summed E-state index contributed by atoms with van der Waals surface area (Å²) in [5.74, 6) is 0.708. The topological polar surface area (TPSA) is 114 Å². The molecule has 0 radical (unpaired) electrons. The highest BCUT2D eigenvalue weighted by molar-refractivity contribution is 5.84. The Kier molecular flexibility index (Phi) is 3.34. The highest BCUT2D eigenvalue weighted by Crippen LogP contribution is 2.19. The summed E-state index contributed by atoms with van der Waals surface area (Å²) in [7, 11) is 0. The summed E-state index contributed by atoms with van der Waals surface area (Å²) in [5, 5.41) is 2.91. The number of rotatable bonds is 3. The van der Waals surface area contributed by atoms with Crippen LogP contribution in [0.5, 0.6) is 0 Å². The molecule has 0 bridgehead atoms. The number of anilines is 1. The lowest BCUT2D eigenvalue weighted by molar-refractivity contribution is 0.776. The molecule has 24 heavy (non-hydrogen) atoms. The first-order valence-electron chi connectivity index (χ1n) is 7.46. The fourth-order valence-corrected chi connectivity index (χ4v) is 2.62. The Labute approximate surface area is 136 Å². The Bertz CT molecular complexity index is 1010. The van der Waals surface area contributed by atoms with Gasteiger partial charge in [0.2, 0.25) is 0 Å². The second-order valence-corrected chi connectivity index (χ2v) is 5.44. The molecule has 2 aromatic heterocycles. The Balaban J connectivity index is 1.84. The molecule has 8 heteroatoms. The molecule has 4 N–H and O–H groups in total. The average molecular weight is 321 g/mol. The molecule has 120 valence electrons. The van der Waals surface area contributed by atoms with Gasteiger partial charge in [-0.2, -0.15) is 0 Å². The number of aromatic amines is 1. The number of aromatic nitrogens is 4. The van der Waals surface area contributed by atoms with E-state index in [-0.39, 0.29) is 11.5 Å². The molecule has 1 aliphatic rings. The number of nitrogens with two attached hydrogens (primary N) is 1. The van der Waals surface area contributed by atoms with E-state index in [2.05, 4.69) is 25.3 Å². The van der Waals surface area contributed by atoms with Gasteiger partial charge >= 0.3 is 5.69 Å². The quantitative estimate of drug-likeness (QED) is 0.658. The van der Waals surface area contributed by atoms with Gasteiger partial charge in [0.25, 0.3) is 0 Å². The van der Waals surface area contributed by atoms with Gasteiger partial charge in [0, 0.05) is 11.8 Å². The van der Waals surface area contributed by atoms with Crippen molar-refractivity contribution < 1.29 is 0 Å². The van der Waals surface area contributed by atoms with Crippen LogP contribution >= 0.6 is 0 Å². The summed E-state index contributed by atoms with van der Waals surface area (Å²) < 4.78 is 1.56. The summed E-state index contributed by atoms with van der Waals surface area (Å²) >= 11 is 0. The van der Waals surface area contributed by atoms with Crippen LogP contribution in [-0.4, -0.2) is 32.4 Å². The van der Waals surface area contributed by atoms with Gasteiger partial charge < -0.3 is 16.0 Å². The number of nitrogen functional groups attached to an aromatic ring is 1. The average Bonchev–Trinajstić information content (AvgIpc) is 2.93. The third-order valence-corrected chi connectivity index (χ3v) is 3.81. The Morgan fingerprint density at radius 3 is 2.79 bits per heavy atom. The molecule has 0 amide bonds. The highest BCUT2D eigenvalue weighted by Gasteiger charge is 2.16. The van der Waals surface area contributed by atoms with Gasteiger partial charge in [-0.1, -0.05) is 30.3 Å². The minimum atomic E-state index is -0.263. The normalized spacial score (nSPS) is 13.8. The third kappa shape index (κ3) is 2.43. The third-order valence-electron chi connectivity index (χ3n) is 3.81. The van der Waals surface area contributed by atoms with Crippen molar-refractivity contribution in [2.24, 2.45) is 4.99 Å². The predicted molar refractivity (Wildman–Crippen MR) is 92.6 cm³/mol. The van der Waals surface area contributed by atoms with Crippen LogP contribution in [-0.2, 0) is 6.54 Å². The van der Waals surface area contributed by atoms with Crippen molar-refractivity contribution in [1.29, 1.82) is 0 Å². The van der Waals surface area contributed by atoms with Gasteiger partial charge in [-0.05, 0) is 5.56 Å². The maximum Gasteiger partial charge on any atom is 0.328 e. The molecule has 0 unspecified atom stereocenters. The van der Waals surface area contributed by atoms with E-state index in [4.69, 9.17) is 5.73 Å². The molecule has 0 atom stereocenters. The monoisotopic (exact) mass is 321 g/mol. The van der Waals surface area contributed by atoms with Crippen molar-refractivity contribution in [1.82, 2.24) is 24.8 Å². The first-order valence-corrected chi connectivity index (χ1v) is 7.46. The number of hydrogen-bond donors (Lipinski definition) is 3. The van der Waals surface area contributed by atoms with E-state index >= 15 is 0 Å². The fourth-order valence-electron chi connectivity index (χ4n) is 2.62. The highest BCUT2D eigenvalue weighted by atomic mass is 16.1. The van der Waals surface area contributed by atoms with Crippen LogP contribution in [0.4, 0.5) is 5.82 Å². The summed E-state index contributed by atoms with van der Waals surface area (Å²) in [5.41, 5.74) is 8.51. The standard InChI is InChI=1S/C16H15N7O/c17-13-12-15(22-14(21-13)11-6-18-9-19-7-11)23(16(24)20-12)8-10-4-2-1-3-5-10/h1-6,9H,7-8H2,(H,18,19)(H,20,24)(H2,17,21,22). The molecule has 8 nitrogen and oxygen atoms in total. The largest absolute Gasteiger partial charge is 0.382 e. The van der Waals surface area contributed by atoms with Crippen molar-refractivity contribution in [2.75, 3.05) is 12.3 Å². The van der Waals surface area contributed by atoms with Gasteiger partial charge in [0.1, 0.15) is 5.52 Å². The summed E-state index contributed by atoms with van der Waals surface area (Å²) in [6.07, 6.45) is 3.38. The maximum atomic E-state index is 12.3. The molecule has 3 heterocycles. The maximum absolute atomic E-state index is 12.3. The zero-order valence-electron chi connectivity index (χ0n) is 12.7. The van der Waals surface area contributed by atoms with Crippen molar-refractivity contribution in [2.45, 2.75) is 6.54 Å². The Morgan fingerprint density at radius 1 is 1.21 bits per heavy atom. The minimum absolute atomic E-state index is 0.245. The zero-order chi connectivity index (χ0) is 16.5. The van der Waals surface area contributed by atoms with Crippen LogP contribution in [0.2, 0.25) is 0 Å². The van der Waals surface area contributed by atoms with Crippen molar-refractivity contribution in [3.8, 4) is 0 Å². The van der Waals surface area contributed by atoms with Crippen LogP contribution in [0, 0.1) is 0 Å². The van der Waals surface area contributed by atoms with E-state index in [1.54, 1.807) is 17.1 Å². The van der Waals surface area contributed by atoms with Gasteiger partial charge in [0.05, 0.1) is 19.4 Å². The van der Waals surface area contributed by atoms with Crippen LogP contribution in [0.25, 0.3) is 16.7 Å². The summed E-state index contributed by atoms with van der Waals surface area (Å²) in [4.78, 5) is 28.0. The number of nitrogens with zero attached hydrogens (tertiary/aromatic N) is 4. The Hall–Kier alpha value is -3.42. The molecule has 0 saturated heterocycles. The number of H-pyrrole nitrogens is 1. The molecular weight excluding hydrogens is 306 g/mol. The van der Waals surface area contributed by atoms with E-state index < -0.39 is 0 Å². The van der Waals surface area contributed by atoms with E-state index in [1.165, 1.54) is 0 Å². The first kappa shape index (κ1) is 14.2. The summed E-state index contributed by atoms with van der Waals surface area (Å²) in [6, 6.07) is 9.71.